The number of likely N-dealkylation sites (N-methyl/N-ethyl adjacent to an activating group) is 1. The minimum absolute atomic E-state index is 0.0802. The van der Waals surface area contributed by atoms with Gasteiger partial charge in [0.1, 0.15) is 5.82 Å². The van der Waals surface area contributed by atoms with E-state index in [1.54, 1.807) is 12.1 Å². The highest BCUT2D eigenvalue weighted by atomic mass is 79.9. The molecule has 0 radical (unpaired) electrons. The fourth-order valence-corrected chi connectivity index (χ4v) is 3.13. The van der Waals surface area contributed by atoms with Gasteiger partial charge in [-0.1, -0.05) is 15.9 Å². The van der Waals surface area contributed by atoms with E-state index in [-0.39, 0.29) is 11.9 Å². The molecule has 1 atom stereocenters. The minimum atomic E-state index is -0.205. The van der Waals surface area contributed by atoms with Gasteiger partial charge in [-0.25, -0.2) is 4.39 Å². The van der Waals surface area contributed by atoms with Crippen molar-refractivity contribution >= 4 is 15.9 Å². The summed E-state index contributed by atoms with van der Waals surface area (Å²) < 4.78 is 14.4. The Balaban J connectivity index is 2.21. The van der Waals surface area contributed by atoms with E-state index >= 15 is 0 Å². The van der Waals surface area contributed by atoms with Crippen molar-refractivity contribution in [2.45, 2.75) is 12.5 Å². The van der Waals surface area contributed by atoms with Crippen LogP contribution < -0.4 is 5.73 Å². The van der Waals surface area contributed by atoms with E-state index in [1.165, 1.54) is 6.07 Å². The molecular formula is C14H21BrFN3. The Morgan fingerprint density at radius 2 is 2.11 bits per heavy atom. The third kappa shape index (κ3) is 3.75. The van der Waals surface area contributed by atoms with Gasteiger partial charge in [0.05, 0.1) is 0 Å². The van der Waals surface area contributed by atoms with Gasteiger partial charge in [0.2, 0.25) is 0 Å². The zero-order valence-electron chi connectivity index (χ0n) is 11.3. The lowest BCUT2D eigenvalue weighted by molar-refractivity contribution is 0.207. The molecule has 3 nitrogen and oxygen atoms in total. The third-order valence-electron chi connectivity index (χ3n) is 3.74. The Hall–Kier alpha value is -0.490. The van der Waals surface area contributed by atoms with Crippen molar-refractivity contribution in [3.63, 3.8) is 0 Å². The van der Waals surface area contributed by atoms with Crippen molar-refractivity contribution in [2.24, 2.45) is 5.73 Å². The molecular weight excluding hydrogens is 309 g/mol. The molecule has 1 aromatic rings. The Kier molecular flexibility index (Phi) is 5.33. The lowest BCUT2D eigenvalue weighted by Crippen LogP contribution is -2.36. The van der Waals surface area contributed by atoms with Crippen LogP contribution in [0.3, 0.4) is 0 Å². The molecule has 1 saturated heterocycles. The average Bonchev–Trinajstić information content (AvgIpc) is 2.60. The Morgan fingerprint density at radius 3 is 2.84 bits per heavy atom. The fourth-order valence-electron chi connectivity index (χ4n) is 2.62. The molecule has 2 N–H and O–H groups in total. The summed E-state index contributed by atoms with van der Waals surface area (Å²) in [6, 6.07) is 4.90. The SMILES string of the molecule is CN1CCCN(C(CN)c2cc(F)ccc2Br)CC1. The molecule has 1 heterocycles. The van der Waals surface area contributed by atoms with E-state index < -0.39 is 0 Å². The van der Waals surface area contributed by atoms with Crippen molar-refractivity contribution in [3.8, 4) is 0 Å². The van der Waals surface area contributed by atoms with Gasteiger partial charge >= 0.3 is 0 Å². The highest BCUT2D eigenvalue weighted by Crippen LogP contribution is 2.28. The molecule has 19 heavy (non-hydrogen) atoms. The van der Waals surface area contributed by atoms with Gasteiger partial charge in [0.15, 0.2) is 0 Å². The average molecular weight is 330 g/mol. The summed E-state index contributed by atoms with van der Waals surface area (Å²) in [6.45, 7) is 4.63. The summed E-state index contributed by atoms with van der Waals surface area (Å²) in [4.78, 5) is 4.69. The molecule has 5 heteroatoms. The summed E-state index contributed by atoms with van der Waals surface area (Å²) in [5.74, 6) is -0.205. The van der Waals surface area contributed by atoms with Crippen LogP contribution in [0.15, 0.2) is 22.7 Å². The zero-order valence-corrected chi connectivity index (χ0v) is 12.9. The number of halogens is 2. The van der Waals surface area contributed by atoms with Crippen molar-refractivity contribution in [1.29, 1.82) is 0 Å². The second kappa shape index (κ2) is 6.79. The normalized spacial score (nSPS) is 20.2. The number of hydrogen-bond donors (Lipinski definition) is 1. The maximum absolute atomic E-state index is 13.5. The quantitative estimate of drug-likeness (QED) is 0.922. The Bertz CT molecular complexity index is 427. The molecule has 0 saturated carbocycles. The predicted molar refractivity (Wildman–Crippen MR) is 79.6 cm³/mol. The molecule has 1 unspecified atom stereocenters. The van der Waals surface area contributed by atoms with Crippen molar-refractivity contribution in [3.05, 3.63) is 34.1 Å². The summed E-state index contributed by atoms with van der Waals surface area (Å²) in [7, 11) is 2.14. The number of nitrogens with two attached hydrogens (primary N) is 1. The van der Waals surface area contributed by atoms with Crippen molar-refractivity contribution in [1.82, 2.24) is 9.80 Å². The van der Waals surface area contributed by atoms with E-state index in [2.05, 4.69) is 32.8 Å². The second-order valence-corrected chi connectivity index (χ2v) is 5.96. The topological polar surface area (TPSA) is 32.5 Å². The maximum atomic E-state index is 13.5. The lowest BCUT2D eigenvalue weighted by Gasteiger charge is -2.30. The van der Waals surface area contributed by atoms with E-state index in [9.17, 15) is 4.39 Å². The molecule has 0 aliphatic carbocycles. The first kappa shape index (κ1) is 14.9. The van der Waals surface area contributed by atoms with Crippen LogP contribution in [0.5, 0.6) is 0 Å². The number of rotatable bonds is 3. The fraction of sp³-hybridized carbons (Fsp3) is 0.571. The summed E-state index contributed by atoms with van der Waals surface area (Å²) in [6.07, 6.45) is 1.12. The van der Waals surface area contributed by atoms with Gasteiger partial charge in [-0.2, -0.15) is 0 Å². The van der Waals surface area contributed by atoms with E-state index in [1.807, 2.05) is 0 Å². The molecule has 1 fully saturated rings. The standard InChI is InChI=1S/C14H21BrFN3/c1-18-5-2-6-19(8-7-18)14(10-17)12-9-11(16)3-4-13(12)15/h3-4,9,14H,2,5-8,10,17H2,1H3. The molecule has 0 spiro atoms. The smallest absolute Gasteiger partial charge is 0.123 e. The molecule has 1 aliphatic heterocycles. The lowest BCUT2D eigenvalue weighted by atomic mass is 10.0. The van der Waals surface area contributed by atoms with Gasteiger partial charge in [-0.05, 0) is 43.8 Å². The highest BCUT2D eigenvalue weighted by molar-refractivity contribution is 9.10. The van der Waals surface area contributed by atoms with Gasteiger partial charge < -0.3 is 10.6 Å². The number of nitrogens with zero attached hydrogens (tertiary/aromatic N) is 2. The monoisotopic (exact) mass is 329 g/mol. The van der Waals surface area contributed by atoms with Crippen LogP contribution in [-0.2, 0) is 0 Å². The van der Waals surface area contributed by atoms with Crippen molar-refractivity contribution < 1.29 is 4.39 Å². The van der Waals surface area contributed by atoms with Gasteiger partial charge in [-0.15, -0.1) is 0 Å². The predicted octanol–water partition coefficient (Wildman–Crippen LogP) is 2.23. The van der Waals surface area contributed by atoms with Crippen LogP contribution in [0.25, 0.3) is 0 Å². The largest absolute Gasteiger partial charge is 0.329 e. The summed E-state index contributed by atoms with van der Waals surface area (Å²) in [5.41, 5.74) is 6.89. The first-order chi connectivity index (χ1) is 9.11. The van der Waals surface area contributed by atoms with E-state index in [0.717, 1.165) is 42.6 Å². The number of benzene rings is 1. The summed E-state index contributed by atoms with van der Waals surface area (Å²) in [5, 5.41) is 0. The minimum Gasteiger partial charge on any atom is -0.329 e. The van der Waals surface area contributed by atoms with Gasteiger partial charge in [0, 0.05) is 36.7 Å². The van der Waals surface area contributed by atoms with E-state index in [4.69, 9.17) is 5.73 Å². The van der Waals surface area contributed by atoms with Crippen LogP contribution in [0.1, 0.15) is 18.0 Å². The molecule has 106 valence electrons. The van der Waals surface area contributed by atoms with Crippen LogP contribution in [0.4, 0.5) is 4.39 Å². The van der Waals surface area contributed by atoms with Gasteiger partial charge in [-0.3, -0.25) is 4.90 Å². The molecule has 1 aromatic carbocycles. The summed E-state index contributed by atoms with van der Waals surface area (Å²) >= 11 is 3.51. The first-order valence-corrected chi connectivity index (χ1v) is 7.48. The number of hydrogen-bond acceptors (Lipinski definition) is 3. The van der Waals surface area contributed by atoms with Crippen LogP contribution in [0, 0.1) is 5.82 Å². The third-order valence-corrected chi connectivity index (χ3v) is 4.46. The molecule has 0 amide bonds. The Morgan fingerprint density at radius 1 is 1.32 bits per heavy atom. The zero-order chi connectivity index (χ0) is 13.8. The molecule has 2 rings (SSSR count). The first-order valence-electron chi connectivity index (χ1n) is 6.69. The molecule has 0 aromatic heterocycles. The van der Waals surface area contributed by atoms with Crippen LogP contribution in [-0.4, -0.2) is 49.6 Å². The maximum Gasteiger partial charge on any atom is 0.123 e. The highest BCUT2D eigenvalue weighted by Gasteiger charge is 2.23. The molecule has 0 bridgehead atoms. The van der Waals surface area contributed by atoms with E-state index in [0.29, 0.717) is 6.54 Å². The van der Waals surface area contributed by atoms with Crippen LogP contribution >= 0.6 is 15.9 Å². The van der Waals surface area contributed by atoms with Crippen LogP contribution in [0.2, 0.25) is 0 Å². The second-order valence-electron chi connectivity index (χ2n) is 5.11. The molecule has 1 aliphatic rings. The van der Waals surface area contributed by atoms with Gasteiger partial charge in [0.25, 0.3) is 0 Å². The van der Waals surface area contributed by atoms with Crippen molar-refractivity contribution in [2.75, 3.05) is 39.8 Å². The Labute approximate surface area is 122 Å².